The van der Waals surface area contributed by atoms with Crippen LogP contribution in [0.4, 0.5) is 0 Å². The normalized spacial score (nSPS) is 9.95. The molecule has 3 aromatic rings. The fourth-order valence-electron chi connectivity index (χ4n) is 2.11. The van der Waals surface area contributed by atoms with Crippen molar-refractivity contribution >= 4 is 0 Å². The van der Waals surface area contributed by atoms with Crippen LogP contribution in [0.15, 0.2) is 72.9 Å². The van der Waals surface area contributed by atoms with E-state index in [-0.39, 0.29) is 0 Å². The van der Waals surface area contributed by atoms with Gasteiger partial charge in [-0.15, -0.1) is 0 Å². The molecule has 3 rings (SSSR count). The van der Waals surface area contributed by atoms with E-state index in [1.54, 1.807) is 18.3 Å². The van der Waals surface area contributed by atoms with Gasteiger partial charge in [0.2, 0.25) is 5.88 Å². The maximum absolute atomic E-state index is 8.81. The molecule has 106 valence electrons. The molecule has 0 amide bonds. The topological polar surface area (TPSA) is 45.9 Å². The molecule has 22 heavy (non-hydrogen) atoms. The van der Waals surface area contributed by atoms with Crippen molar-refractivity contribution in [1.82, 2.24) is 4.98 Å². The lowest BCUT2D eigenvalue weighted by atomic mass is 10.1. The first-order valence-corrected chi connectivity index (χ1v) is 6.98. The molecular formula is C19H14N2O. The van der Waals surface area contributed by atoms with Gasteiger partial charge in [-0.3, -0.25) is 0 Å². The lowest BCUT2D eigenvalue weighted by Crippen LogP contribution is -1.96. The molecular weight excluding hydrogens is 272 g/mol. The Balaban J connectivity index is 1.68. The minimum absolute atomic E-state index is 0.504. The summed E-state index contributed by atoms with van der Waals surface area (Å²) in [6, 6.07) is 23.4. The van der Waals surface area contributed by atoms with Crippen LogP contribution in [-0.2, 0) is 6.61 Å². The highest BCUT2D eigenvalue weighted by Crippen LogP contribution is 2.21. The molecule has 3 heteroatoms. The summed E-state index contributed by atoms with van der Waals surface area (Å²) in [5, 5.41) is 8.81. The summed E-state index contributed by atoms with van der Waals surface area (Å²) in [6.45, 7) is 0.504. The van der Waals surface area contributed by atoms with Crippen LogP contribution in [0.3, 0.4) is 0 Å². The van der Waals surface area contributed by atoms with Crippen LogP contribution >= 0.6 is 0 Å². The average molecular weight is 286 g/mol. The highest BCUT2D eigenvalue weighted by Gasteiger charge is 2.01. The summed E-state index contributed by atoms with van der Waals surface area (Å²) < 4.78 is 5.67. The largest absolute Gasteiger partial charge is 0.473 e. The molecule has 0 radical (unpaired) electrons. The summed E-state index contributed by atoms with van der Waals surface area (Å²) in [5.74, 6) is 0.598. The Morgan fingerprint density at radius 1 is 0.864 bits per heavy atom. The van der Waals surface area contributed by atoms with E-state index in [1.165, 1.54) is 0 Å². The maximum atomic E-state index is 8.81. The molecule has 0 saturated heterocycles. The Labute approximate surface area is 129 Å². The SMILES string of the molecule is N#Cc1ccc(-c2ccc(OCc3ccccc3)nc2)cc1. The van der Waals surface area contributed by atoms with Gasteiger partial charge in [-0.1, -0.05) is 42.5 Å². The molecule has 3 nitrogen and oxygen atoms in total. The molecule has 0 aliphatic heterocycles. The number of ether oxygens (including phenoxy) is 1. The second kappa shape index (κ2) is 6.55. The van der Waals surface area contributed by atoms with Crippen LogP contribution in [-0.4, -0.2) is 4.98 Å². The van der Waals surface area contributed by atoms with Gasteiger partial charge in [0.25, 0.3) is 0 Å². The summed E-state index contributed by atoms with van der Waals surface area (Å²) >= 11 is 0. The van der Waals surface area contributed by atoms with E-state index in [2.05, 4.69) is 11.1 Å². The van der Waals surface area contributed by atoms with E-state index in [0.29, 0.717) is 18.1 Å². The predicted octanol–water partition coefficient (Wildman–Crippen LogP) is 4.20. The molecule has 0 aliphatic rings. The standard InChI is InChI=1S/C19H14N2O/c20-12-15-6-8-17(9-7-15)18-10-11-19(21-13-18)22-14-16-4-2-1-3-5-16/h1-11,13H,14H2. The highest BCUT2D eigenvalue weighted by molar-refractivity contribution is 5.63. The molecule has 1 heterocycles. The summed E-state index contributed by atoms with van der Waals surface area (Å²) in [4.78, 5) is 4.33. The second-order valence-electron chi connectivity index (χ2n) is 4.85. The van der Waals surface area contributed by atoms with Crippen molar-refractivity contribution in [2.24, 2.45) is 0 Å². The molecule has 0 fully saturated rings. The van der Waals surface area contributed by atoms with E-state index in [1.807, 2.05) is 54.6 Å². The minimum Gasteiger partial charge on any atom is -0.473 e. The molecule has 0 bridgehead atoms. The van der Waals surface area contributed by atoms with Gasteiger partial charge >= 0.3 is 0 Å². The zero-order valence-electron chi connectivity index (χ0n) is 11.9. The van der Waals surface area contributed by atoms with Crippen LogP contribution < -0.4 is 4.74 Å². The van der Waals surface area contributed by atoms with Crippen molar-refractivity contribution < 1.29 is 4.74 Å². The van der Waals surface area contributed by atoms with Crippen molar-refractivity contribution in [1.29, 1.82) is 5.26 Å². The van der Waals surface area contributed by atoms with E-state index < -0.39 is 0 Å². The van der Waals surface area contributed by atoms with Gasteiger partial charge in [0, 0.05) is 17.8 Å². The number of nitriles is 1. The molecule has 0 aliphatic carbocycles. The number of pyridine rings is 1. The van der Waals surface area contributed by atoms with Crippen molar-refractivity contribution in [2.75, 3.05) is 0 Å². The third-order valence-electron chi connectivity index (χ3n) is 3.31. The van der Waals surface area contributed by atoms with Crippen molar-refractivity contribution in [3.63, 3.8) is 0 Å². The molecule has 0 saturated carbocycles. The van der Waals surface area contributed by atoms with E-state index in [4.69, 9.17) is 10.00 Å². The van der Waals surface area contributed by atoms with Gasteiger partial charge in [0.05, 0.1) is 11.6 Å². The van der Waals surface area contributed by atoms with E-state index >= 15 is 0 Å². The molecule has 0 atom stereocenters. The van der Waals surface area contributed by atoms with Crippen LogP contribution in [0.2, 0.25) is 0 Å². The lowest BCUT2D eigenvalue weighted by Gasteiger charge is -2.06. The summed E-state index contributed by atoms with van der Waals surface area (Å²) in [6.07, 6.45) is 1.78. The molecule has 2 aromatic carbocycles. The maximum Gasteiger partial charge on any atom is 0.213 e. The molecule has 0 unspecified atom stereocenters. The fraction of sp³-hybridized carbons (Fsp3) is 0.0526. The Hall–Kier alpha value is -3.12. The number of hydrogen-bond donors (Lipinski definition) is 0. The van der Waals surface area contributed by atoms with Gasteiger partial charge in [0.15, 0.2) is 0 Å². The predicted molar refractivity (Wildman–Crippen MR) is 85.2 cm³/mol. The Kier molecular flexibility index (Phi) is 4.12. The Bertz CT molecular complexity index is 772. The van der Waals surface area contributed by atoms with Crippen LogP contribution in [0.1, 0.15) is 11.1 Å². The van der Waals surface area contributed by atoms with Crippen LogP contribution in [0.5, 0.6) is 5.88 Å². The molecule has 0 spiro atoms. The Morgan fingerprint density at radius 3 is 2.23 bits per heavy atom. The summed E-state index contributed by atoms with van der Waals surface area (Å²) in [7, 11) is 0. The van der Waals surface area contributed by atoms with Gasteiger partial charge in [-0.2, -0.15) is 5.26 Å². The summed E-state index contributed by atoms with van der Waals surface area (Å²) in [5.41, 5.74) is 3.79. The smallest absolute Gasteiger partial charge is 0.213 e. The van der Waals surface area contributed by atoms with Crippen molar-refractivity contribution in [3.05, 3.63) is 84.1 Å². The second-order valence-corrected chi connectivity index (χ2v) is 4.85. The molecule has 0 N–H and O–H groups in total. The highest BCUT2D eigenvalue weighted by atomic mass is 16.5. The Morgan fingerprint density at radius 2 is 1.59 bits per heavy atom. The van der Waals surface area contributed by atoms with E-state index in [0.717, 1.165) is 16.7 Å². The number of aromatic nitrogens is 1. The van der Waals surface area contributed by atoms with Crippen molar-refractivity contribution in [3.8, 4) is 23.1 Å². The van der Waals surface area contributed by atoms with Crippen LogP contribution in [0, 0.1) is 11.3 Å². The first-order valence-electron chi connectivity index (χ1n) is 6.98. The van der Waals surface area contributed by atoms with Crippen LogP contribution in [0.25, 0.3) is 11.1 Å². The zero-order valence-corrected chi connectivity index (χ0v) is 11.9. The third kappa shape index (κ3) is 3.31. The number of nitrogens with zero attached hydrogens (tertiary/aromatic N) is 2. The number of rotatable bonds is 4. The van der Waals surface area contributed by atoms with Gasteiger partial charge in [0.1, 0.15) is 6.61 Å². The first kappa shape index (κ1) is 13.8. The zero-order chi connectivity index (χ0) is 15.2. The van der Waals surface area contributed by atoms with Gasteiger partial charge in [-0.25, -0.2) is 4.98 Å². The van der Waals surface area contributed by atoms with Gasteiger partial charge < -0.3 is 4.74 Å². The molecule has 1 aromatic heterocycles. The van der Waals surface area contributed by atoms with Gasteiger partial charge in [-0.05, 0) is 29.3 Å². The number of benzene rings is 2. The number of hydrogen-bond acceptors (Lipinski definition) is 3. The average Bonchev–Trinajstić information content (AvgIpc) is 2.61. The lowest BCUT2D eigenvalue weighted by molar-refractivity contribution is 0.294. The fourth-order valence-corrected chi connectivity index (χ4v) is 2.11. The quantitative estimate of drug-likeness (QED) is 0.722. The van der Waals surface area contributed by atoms with E-state index in [9.17, 15) is 0 Å². The minimum atomic E-state index is 0.504. The third-order valence-corrected chi connectivity index (χ3v) is 3.31. The first-order chi connectivity index (χ1) is 10.8. The van der Waals surface area contributed by atoms with Crippen molar-refractivity contribution in [2.45, 2.75) is 6.61 Å². The monoisotopic (exact) mass is 286 g/mol.